The lowest BCUT2D eigenvalue weighted by molar-refractivity contribution is 0.144. The number of nitrogens with one attached hydrogen (secondary N) is 1. The van der Waals surface area contributed by atoms with E-state index in [4.69, 9.17) is 9.84 Å². The number of carbonyl (C=O) groups is 1. The van der Waals surface area contributed by atoms with E-state index < -0.39 is 6.16 Å². The van der Waals surface area contributed by atoms with Crippen LogP contribution in [0.3, 0.4) is 0 Å². The summed E-state index contributed by atoms with van der Waals surface area (Å²) in [5, 5.41) is 13.0. The molecular formula is C22H18N4O5. The summed E-state index contributed by atoms with van der Waals surface area (Å²) in [7, 11) is 0. The first-order valence-electron chi connectivity index (χ1n) is 9.85. The monoisotopic (exact) mass is 418 g/mol. The number of rotatable bonds is 4. The van der Waals surface area contributed by atoms with Crippen LogP contribution in [0.15, 0.2) is 53.6 Å². The molecule has 0 unspecified atom stereocenters. The molecule has 2 aromatic carbocycles. The van der Waals surface area contributed by atoms with Gasteiger partial charge in [-0.25, -0.2) is 14.5 Å². The number of hydrogen-bond acceptors (Lipinski definition) is 6. The molecule has 2 aromatic heterocycles. The van der Waals surface area contributed by atoms with E-state index in [1.54, 1.807) is 18.2 Å². The summed E-state index contributed by atoms with van der Waals surface area (Å²) in [5.74, 6) is 1.54. The van der Waals surface area contributed by atoms with Crippen molar-refractivity contribution in [2.45, 2.75) is 25.7 Å². The van der Waals surface area contributed by atoms with Gasteiger partial charge in [-0.1, -0.05) is 12.1 Å². The predicted octanol–water partition coefficient (Wildman–Crippen LogP) is 3.84. The molecule has 2 N–H and O–H groups in total. The first-order chi connectivity index (χ1) is 15.1. The van der Waals surface area contributed by atoms with Crippen molar-refractivity contribution in [1.29, 1.82) is 0 Å². The van der Waals surface area contributed by atoms with E-state index in [2.05, 4.69) is 25.9 Å². The zero-order valence-corrected chi connectivity index (χ0v) is 16.4. The molecule has 4 aromatic rings. The van der Waals surface area contributed by atoms with E-state index in [0.717, 1.165) is 25.0 Å². The topological polar surface area (TPSA) is 119 Å². The Balaban J connectivity index is 1.47. The van der Waals surface area contributed by atoms with Gasteiger partial charge in [0.05, 0.1) is 23.3 Å². The Morgan fingerprint density at radius 1 is 1.13 bits per heavy atom. The van der Waals surface area contributed by atoms with Gasteiger partial charge in [-0.2, -0.15) is 5.10 Å². The van der Waals surface area contributed by atoms with E-state index in [9.17, 15) is 9.59 Å². The van der Waals surface area contributed by atoms with E-state index in [-0.39, 0.29) is 17.3 Å². The van der Waals surface area contributed by atoms with Gasteiger partial charge in [0.25, 0.3) is 5.56 Å². The maximum absolute atomic E-state index is 12.7. The number of H-pyrrole nitrogens is 1. The number of aromatic amines is 1. The van der Waals surface area contributed by atoms with E-state index in [1.807, 2.05) is 12.1 Å². The Hall–Kier alpha value is -4.14. The predicted molar refractivity (Wildman–Crippen MR) is 111 cm³/mol. The number of ether oxygens (including phenoxy) is 2. The van der Waals surface area contributed by atoms with Gasteiger partial charge in [-0.15, -0.1) is 0 Å². The summed E-state index contributed by atoms with van der Waals surface area (Å²) in [5.41, 5.74) is 2.64. The molecule has 2 heterocycles. The van der Waals surface area contributed by atoms with Crippen LogP contribution in [0.2, 0.25) is 0 Å². The van der Waals surface area contributed by atoms with Gasteiger partial charge < -0.3 is 14.6 Å². The quantitative estimate of drug-likeness (QED) is 0.483. The van der Waals surface area contributed by atoms with Gasteiger partial charge in [0, 0.05) is 0 Å². The van der Waals surface area contributed by atoms with Crippen LogP contribution in [0.4, 0.5) is 4.79 Å². The van der Waals surface area contributed by atoms with Crippen LogP contribution in [0.25, 0.3) is 16.9 Å². The molecule has 31 heavy (non-hydrogen) atoms. The highest BCUT2D eigenvalue weighted by Gasteiger charge is 2.15. The summed E-state index contributed by atoms with van der Waals surface area (Å²) < 4.78 is 11.9. The van der Waals surface area contributed by atoms with E-state index in [0.29, 0.717) is 16.7 Å². The summed E-state index contributed by atoms with van der Waals surface area (Å²) in [6.45, 7) is 0. The third-order valence-corrected chi connectivity index (χ3v) is 5.23. The van der Waals surface area contributed by atoms with Crippen molar-refractivity contribution in [1.82, 2.24) is 19.7 Å². The SMILES string of the molecule is O=C(O)Oc1cnn(-c2nc3ccc(Oc4cccc5c4CCCC5)cc3c(=O)[nH]2)c1. The van der Waals surface area contributed by atoms with Crippen LogP contribution in [0, 0.1) is 0 Å². The van der Waals surface area contributed by atoms with Gasteiger partial charge >= 0.3 is 6.16 Å². The number of carboxylic acid groups (broad SMARTS) is 1. The van der Waals surface area contributed by atoms with Crippen molar-refractivity contribution < 1.29 is 19.4 Å². The van der Waals surface area contributed by atoms with Crippen LogP contribution in [-0.2, 0) is 12.8 Å². The van der Waals surface area contributed by atoms with Crippen LogP contribution < -0.4 is 15.0 Å². The smallest absolute Gasteiger partial charge is 0.457 e. The van der Waals surface area contributed by atoms with E-state index in [1.165, 1.54) is 34.6 Å². The van der Waals surface area contributed by atoms with Gasteiger partial charge in [0.15, 0.2) is 5.75 Å². The molecule has 0 bridgehead atoms. The summed E-state index contributed by atoms with van der Waals surface area (Å²) >= 11 is 0. The largest absolute Gasteiger partial charge is 0.511 e. The second-order valence-corrected chi connectivity index (χ2v) is 7.26. The average molecular weight is 418 g/mol. The standard InChI is InChI=1S/C22H18N4O5/c27-20-17-10-14(30-19-7-3-5-13-4-1-2-6-16(13)19)8-9-18(17)24-21(25-20)26-12-15(11-23-26)31-22(28)29/h3,5,7-12H,1-2,4,6H2,(H,28,29)(H,24,25,27). The van der Waals surface area contributed by atoms with Crippen molar-refractivity contribution in [2.75, 3.05) is 0 Å². The number of fused-ring (bicyclic) bond motifs is 2. The van der Waals surface area contributed by atoms with Crippen molar-refractivity contribution in [3.8, 4) is 23.2 Å². The van der Waals surface area contributed by atoms with Crippen LogP contribution in [0.5, 0.6) is 17.2 Å². The molecule has 0 saturated heterocycles. The molecule has 1 aliphatic rings. The number of benzene rings is 2. The fraction of sp³-hybridized carbons (Fsp3) is 0.182. The average Bonchev–Trinajstić information content (AvgIpc) is 3.22. The Labute approximate surface area is 175 Å². The molecule has 0 fully saturated rings. The lowest BCUT2D eigenvalue weighted by Gasteiger charge is -2.19. The van der Waals surface area contributed by atoms with E-state index >= 15 is 0 Å². The van der Waals surface area contributed by atoms with Crippen molar-refractivity contribution in [3.05, 3.63) is 70.3 Å². The molecule has 0 radical (unpaired) electrons. The lowest BCUT2D eigenvalue weighted by atomic mass is 9.91. The zero-order valence-electron chi connectivity index (χ0n) is 16.4. The molecule has 1 aliphatic carbocycles. The molecule has 0 atom stereocenters. The molecule has 9 nitrogen and oxygen atoms in total. The summed E-state index contributed by atoms with van der Waals surface area (Å²) in [4.78, 5) is 30.4. The highest BCUT2D eigenvalue weighted by molar-refractivity contribution is 5.79. The Bertz CT molecular complexity index is 1360. The van der Waals surface area contributed by atoms with Gasteiger partial charge in [-0.05, 0) is 61.1 Å². The molecule has 0 spiro atoms. The summed E-state index contributed by atoms with van der Waals surface area (Å²) in [6.07, 6.45) is 5.46. The Morgan fingerprint density at radius 2 is 2.00 bits per heavy atom. The van der Waals surface area contributed by atoms with Crippen LogP contribution >= 0.6 is 0 Å². The minimum absolute atomic E-state index is 0.0187. The van der Waals surface area contributed by atoms with Gasteiger partial charge in [-0.3, -0.25) is 9.78 Å². The molecule has 156 valence electrons. The highest BCUT2D eigenvalue weighted by Crippen LogP contribution is 2.33. The second kappa shape index (κ2) is 7.60. The normalized spacial score (nSPS) is 13.0. The third kappa shape index (κ3) is 3.73. The number of aryl methyl sites for hydroxylation is 1. The highest BCUT2D eigenvalue weighted by atomic mass is 16.7. The molecular weight excluding hydrogens is 400 g/mol. The van der Waals surface area contributed by atoms with Gasteiger partial charge in [0.2, 0.25) is 5.95 Å². The number of hydrogen-bond donors (Lipinski definition) is 2. The molecule has 0 aliphatic heterocycles. The molecule has 5 rings (SSSR count). The first-order valence-corrected chi connectivity index (χ1v) is 9.85. The lowest BCUT2D eigenvalue weighted by Crippen LogP contribution is -2.14. The van der Waals surface area contributed by atoms with Crippen LogP contribution in [-0.4, -0.2) is 31.0 Å². The number of aromatic nitrogens is 4. The van der Waals surface area contributed by atoms with Crippen molar-refractivity contribution in [2.24, 2.45) is 0 Å². The van der Waals surface area contributed by atoms with Crippen molar-refractivity contribution >= 4 is 17.1 Å². The fourth-order valence-corrected chi connectivity index (χ4v) is 3.82. The van der Waals surface area contributed by atoms with Crippen LogP contribution in [0.1, 0.15) is 24.0 Å². The maximum Gasteiger partial charge on any atom is 0.511 e. The zero-order chi connectivity index (χ0) is 21.4. The third-order valence-electron chi connectivity index (χ3n) is 5.23. The Morgan fingerprint density at radius 3 is 2.87 bits per heavy atom. The molecule has 0 amide bonds. The van der Waals surface area contributed by atoms with Crippen molar-refractivity contribution in [3.63, 3.8) is 0 Å². The molecule has 0 saturated carbocycles. The number of nitrogens with zero attached hydrogens (tertiary/aromatic N) is 3. The van der Waals surface area contributed by atoms with Gasteiger partial charge in [0.1, 0.15) is 11.5 Å². The minimum atomic E-state index is -1.45. The summed E-state index contributed by atoms with van der Waals surface area (Å²) in [6, 6.07) is 11.2. The maximum atomic E-state index is 12.7. The Kier molecular flexibility index (Phi) is 4.62. The minimum Gasteiger partial charge on any atom is -0.457 e. The fourth-order valence-electron chi connectivity index (χ4n) is 3.82. The molecule has 9 heteroatoms. The second-order valence-electron chi connectivity index (χ2n) is 7.26. The first kappa shape index (κ1) is 18.9.